The van der Waals surface area contributed by atoms with Gasteiger partial charge in [0, 0.05) is 25.6 Å². The number of hydrogen-bond acceptors (Lipinski definition) is 3. The fourth-order valence-corrected chi connectivity index (χ4v) is 3.45. The number of carbonyl (C=O) groups excluding carboxylic acids is 1. The first-order chi connectivity index (χ1) is 12.0. The van der Waals surface area contributed by atoms with E-state index in [2.05, 4.69) is 0 Å². The third-order valence-corrected chi connectivity index (χ3v) is 4.95. The first-order valence-electron chi connectivity index (χ1n) is 8.54. The van der Waals surface area contributed by atoms with E-state index < -0.39 is 23.5 Å². The van der Waals surface area contributed by atoms with Gasteiger partial charge in [-0.05, 0) is 43.2 Å². The molecule has 1 saturated carbocycles. The van der Waals surface area contributed by atoms with Gasteiger partial charge in [-0.1, -0.05) is 0 Å². The van der Waals surface area contributed by atoms with Crippen molar-refractivity contribution in [3.63, 3.8) is 0 Å². The van der Waals surface area contributed by atoms with E-state index in [9.17, 15) is 23.5 Å². The monoisotopic (exact) mass is 353 g/mol. The van der Waals surface area contributed by atoms with E-state index in [1.165, 1.54) is 6.07 Å². The Hall–Kier alpha value is -2.18. The topological polar surface area (TPSA) is 66.8 Å². The predicted molar refractivity (Wildman–Crippen MR) is 85.0 cm³/mol. The average molecular weight is 353 g/mol. The molecule has 0 bridgehead atoms. The second-order valence-corrected chi connectivity index (χ2v) is 6.77. The number of hydrogen-bond donors (Lipinski definition) is 1. The van der Waals surface area contributed by atoms with Crippen LogP contribution in [-0.2, 0) is 9.59 Å². The van der Waals surface area contributed by atoms with Crippen molar-refractivity contribution < 1.29 is 28.2 Å². The molecule has 7 heteroatoms. The van der Waals surface area contributed by atoms with Crippen LogP contribution in [0.1, 0.15) is 25.7 Å². The smallest absolute Gasteiger partial charge is 0.308 e. The van der Waals surface area contributed by atoms with Gasteiger partial charge in [-0.2, -0.15) is 0 Å². The number of ether oxygens (including phenoxy) is 1. The lowest BCUT2D eigenvalue weighted by molar-refractivity contribution is -0.142. The van der Waals surface area contributed by atoms with Crippen LogP contribution >= 0.6 is 0 Å². The van der Waals surface area contributed by atoms with Gasteiger partial charge in [0.2, 0.25) is 5.91 Å². The Bertz CT molecular complexity index is 662. The minimum Gasteiger partial charge on any atom is -0.491 e. The summed E-state index contributed by atoms with van der Waals surface area (Å²) in [5, 5.41) is 9.33. The van der Waals surface area contributed by atoms with E-state index in [1.54, 1.807) is 4.90 Å². The molecule has 1 aromatic rings. The van der Waals surface area contributed by atoms with Gasteiger partial charge in [0.15, 0.2) is 11.6 Å². The Morgan fingerprint density at radius 3 is 2.64 bits per heavy atom. The highest BCUT2D eigenvalue weighted by Crippen LogP contribution is 2.44. The van der Waals surface area contributed by atoms with Gasteiger partial charge >= 0.3 is 5.97 Å². The van der Waals surface area contributed by atoms with Crippen LogP contribution in [0.2, 0.25) is 0 Å². The quantitative estimate of drug-likeness (QED) is 0.766. The van der Waals surface area contributed by atoms with Crippen molar-refractivity contribution in [3.05, 3.63) is 29.8 Å². The summed E-state index contributed by atoms with van der Waals surface area (Å²) in [6.45, 7) is 0.910. The molecule has 0 radical (unpaired) electrons. The lowest BCUT2D eigenvalue weighted by Crippen LogP contribution is -2.30. The molecule has 0 spiro atoms. The molecular weight excluding hydrogens is 332 g/mol. The molecule has 5 nitrogen and oxygen atoms in total. The summed E-state index contributed by atoms with van der Waals surface area (Å²) >= 11 is 0. The standard InChI is InChI=1S/C18H21F2NO4/c19-12-5-6-16(15(20)8-12)25-7-1-2-17(22)21-9-13(11-3-4-11)14(10-21)18(23)24/h5-6,8,11,13-14H,1-4,7,9-10H2,(H,23,24)/t13-,14+/m1/s1. The van der Waals surface area contributed by atoms with Gasteiger partial charge in [-0.25, -0.2) is 8.78 Å². The number of rotatable bonds is 7. The summed E-state index contributed by atoms with van der Waals surface area (Å²) in [7, 11) is 0. The zero-order valence-electron chi connectivity index (χ0n) is 13.8. The number of carbonyl (C=O) groups is 2. The molecule has 1 aromatic carbocycles. The van der Waals surface area contributed by atoms with Crippen LogP contribution in [-0.4, -0.2) is 41.6 Å². The maximum absolute atomic E-state index is 13.4. The molecular formula is C18H21F2NO4. The molecule has 25 heavy (non-hydrogen) atoms. The summed E-state index contributed by atoms with van der Waals surface area (Å²) in [5.41, 5.74) is 0. The Morgan fingerprint density at radius 2 is 2.00 bits per heavy atom. The van der Waals surface area contributed by atoms with Gasteiger partial charge in [0.1, 0.15) is 5.82 Å². The van der Waals surface area contributed by atoms with E-state index in [0.717, 1.165) is 25.0 Å². The van der Waals surface area contributed by atoms with Crippen molar-refractivity contribution in [1.29, 1.82) is 0 Å². The van der Waals surface area contributed by atoms with Crippen molar-refractivity contribution in [2.75, 3.05) is 19.7 Å². The number of benzene rings is 1. The lowest BCUT2D eigenvalue weighted by atomic mass is 9.92. The van der Waals surface area contributed by atoms with Crippen molar-refractivity contribution >= 4 is 11.9 Å². The molecule has 136 valence electrons. The van der Waals surface area contributed by atoms with Crippen LogP contribution in [0.4, 0.5) is 8.78 Å². The SMILES string of the molecule is O=C(O)[C@H]1CN(C(=O)CCCOc2ccc(F)cc2F)C[C@@H]1C1CC1. The first kappa shape index (κ1) is 17.6. The highest BCUT2D eigenvalue weighted by atomic mass is 19.1. The number of aliphatic carboxylic acids is 1. The number of likely N-dealkylation sites (tertiary alicyclic amines) is 1. The number of amides is 1. The molecule has 0 unspecified atom stereocenters. The van der Waals surface area contributed by atoms with Gasteiger partial charge in [-0.3, -0.25) is 9.59 Å². The fraction of sp³-hybridized carbons (Fsp3) is 0.556. The van der Waals surface area contributed by atoms with Crippen molar-refractivity contribution in [1.82, 2.24) is 4.90 Å². The number of carboxylic acid groups (broad SMARTS) is 1. The van der Waals surface area contributed by atoms with E-state index in [1.807, 2.05) is 0 Å². The van der Waals surface area contributed by atoms with Crippen LogP contribution in [0, 0.1) is 29.4 Å². The molecule has 2 fully saturated rings. The van der Waals surface area contributed by atoms with Crippen molar-refractivity contribution in [2.45, 2.75) is 25.7 Å². The molecule has 1 N–H and O–H groups in total. The maximum atomic E-state index is 13.4. The van der Waals surface area contributed by atoms with Crippen LogP contribution < -0.4 is 4.74 Å². The predicted octanol–water partition coefficient (Wildman–Crippen LogP) is 2.69. The summed E-state index contributed by atoms with van der Waals surface area (Å²) in [5.74, 6) is -2.40. The Balaban J connectivity index is 1.44. The van der Waals surface area contributed by atoms with Gasteiger partial charge in [-0.15, -0.1) is 0 Å². The van der Waals surface area contributed by atoms with Crippen molar-refractivity contribution in [3.8, 4) is 5.75 Å². The van der Waals surface area contributed by atoms with Crippen LogP contribution in [0.5, 0.6) is 5.75 Å². The van der Waals surface area contributed by atoms with Crippen LogP contribution in [0.3, 0.4) is 0 Å². The van der Waals surface area contributed by atoms with Crippen LogP contribution in [0.15, 0.2) is 18.2 Å². The molecule has 2 aliphatic rings. The molecule has 1 heterocycles. The van der Waals surface area contributed by atoms with Gasteiger partial charge in [0.25, 0.3) is 0 Å². The number of carboxylic acids is 1. The first-order valence-corrected chi connectivity index (χ1v) is 8.54. The maximum Gasteiger partial charge on any atom is 0.308 e. The van der Waals surface area contributed by atoms with Gasteiger partial charge in [0.05, 0.1) is 12.5 Å². The third kappa shape index (κ3) is 4.27. The van der Waals surface area contributed by atoms with Crippen LogP contribution in [0.25, 0.3) is 0 Å². The molecule has 1 aliphatic heterocycles. The molecule has 1 aliphatic carbocycles. The minimum absolute atomic E-state index is 0.0465. The summed E-state index contributed by atoms with van der Waals surface area (Å²) < 4.78 is 31.5. The van der Waals surface area contributed by atoms with Gasteiger partial charge < -0.3 is 14.7 Å². The van der Waals surface area contributed by atoms with E-state index in [-0.39, 0.29) is 37.1 Å². The molecule has 1 saturated heterocycles. The second-order valence-electron chi connectivity index (χ2n) is 6.77. The van der Waals surface area contributed by atoms with E-state index in [0.29, 0.717) is 18.9 Å². The summed E-state index contributed by atoms with van der Waals surface area (Å²) in [6, 6.07) is 3.07. The molecule has 1 amide bonds. The van der Waals surface area contributed by atoms with E-state index >= 15 is 0 Å². The zero-order chi connectivity index (χ0) is 18.0. The number of halogens is 2. The molecule has 3 rings (SSSR count). The Morgan fingerprint density at radius 1 is 1.24 bits per heavy atom. The zero-order valence-corrected chi connectivity index (χ0v) is 13.8. The molecule has 0 aromatic heterocycles. The van der Waals surface area contributed by atoms with E-state index in [4.69, 9.17) is 4.74 Å². The summed E-state index contributed by atoms with van der Waals surface area (Å²) in [6.07, 6.45) is 2.70. The summed E-state index contributed by atoms with van der Waals surface area (Å²) in [4.78, 5) is 25.3. The normalized spacial score (nSPS) is 22.9. The Kier molecular flexibility index (Phi) is 5.20. The third-order valence-electron chi connectivity index (χ3n) is 4.95. The fourth-order valence-electron chi connectivity index (χ4n) is 3.45. The molecule has 2 atom stereocenters. The lowest BCUT2D eigenvalue weighted by Gasteiger charge is -2.16. The largest absolute Gasteiger partial charge is 0.491 e. The second kappa shape index (κ2) is 7.37. The highest BCUT2D eigenvalue weighted by Gasteiger charge is 2.46. The number of nitrogens with zero attached hydrogens (tertiary/aromatic N) is 1. The minimum atomic E-state index is -0.831. The Labute approximate surface area is 144 Å². The highest BCUT2D eigenvalue weighted by molar-refractivity contribution is 5.79. The van der Waals surface area contributed by atoms with Crippen molar-refractivity contribution in [2.24, 2.45) is 17.8 Å². The average Bonchev–Trinajstić information content (AvgIpc) is 3.30.